The molecule has 0 saturated carbocycles. The first-order valence-corrected chi connectivity index (χ1v) is 4.11. The van der Waals surface area contributed by atoms with Crippen molar-refractivity contribution in [3.05, 3.63) is 21.8 Å². The molecular formula is C7HCl2F3N2O. The van der Waals surface area contributed by atoms with Crippen molar-refractivity contribution >= 4 is 23.2 Å². The number of nitrogens with zero attached hydrogens (tertiary/aromatic N) is 2. The highest BCUT2D eigenvalue weighted by Gasteiger charge is 2.33. The number of pyridine rings is 1. The molecular weight excluding hydrogens is 256 g/mol. The zero-order valence-electron chi connectivity index (χ0n) is 6.77. The van der Waals surface area contributed by atoms with Crippen molar-refractivity contribution in [2.24, 2.45) is 0 Å². The number of ether oxygens (including phenoxy) is 1. The van der Waals surface area contributed by atoms with Crippen LogP contribution in [0.3, 0.4) is 0 Å². The Hall–Kier alpha value is -1.19. The average Bonchev–Trinajstić information content (AvgIpc) is 1.99. The molecule has 1 rings (SSSR count). The molecule has 0 aliphatic heterocycles. The van der Waals surface area contributed by atoms with E-state index in [9.17, 15) is 13.2 Å². The highest BCUT2D eigenvalue weighted by Crippen LogP contribution is 2.30. The van der Waals surface area contributed by atoms with Crippen LogP contribution in [0.15, 0.2) is 6.07 Å². The molecule has 1 aromatic rings. The zero-order valence-corrected chi connectivity index (χ0v) is 8.28. The first-order valence-electron chi connectivity index (χ1n) is 3.35. The van der Waals surface area contributed by atoms with Gasteiger partial charge in [0.2, 0.25) is 5.88 Å². The Morgan fingerprint density at radius 2 is 2.00 bits per heavy atom. The Balaban J connectivity index is 3.23. The number of hydrogen-bond donors (Lipinski definition) is 0. The summed E-state index contributed by atoms with van der Waals surface area (Å²) in [5, 5.41) is 7.98. The summed E-state index contributed by atoms with van der Waals surface area (Å²) < 4.78 is 39.1. The molecule has 0 aliphatic rings. The van der Waals surface area contributed by atoms with E-state index in [0.29, 0.717) is 0 Å². The van der Waals surface area contributed by atoms with Gasteiger partial charge in [0.25, 0.3) is 0 Å². The third-order valence-electron chi connectivity index (χ3n) is 1.23. The first kappa shape index (κ1) is 11.9. The number of aromatic nitrogens is 1. The molecule has 0 saturated heterocycles. The predicted molar refractivity (Wildman–Crippen MR) is 45.7 cm³/mol. The molecule has 0 aliphatic carbocycles. The number of rotatable bonds is 1. The Kier molecular flexibility index (Phi) is 3.27. The highest BCUT2D eigenvalue weighted by atomic mass is 35.5. The summed E-state index contributed by atoms with van der Waals surface area (Å²) in [4.78, 5) is 3.21. The Morgan fingerprint density at radius 3 is 2.47 bits per heavy atom. The van der Waals surface area contributed by atoms with Gasteiger partial charge >= 0.3 is 6.36 Å². The van der Waals surface area contributed by atoms with Crippen LogP contribution >= 0.6 is 23.2 Å². The normalized spacial score (nSPS) is 10.9. The molecule has 0 atom stereocenters. The largest absolute Gasteiger partial charge is 0.574 e. The molecule has 1 aromatic heterocycles. The number of hydrogen-bond acceptors (Lipinski definition) is 3. The molecule has 15 heavy (non-hydrogen) atoms. The van der Waals surface area contributed by atoms with Gasteiger partial charge < -0.3 is 4.74 Å². The predicted octanol–water partition coefficient (Wildman–Crippen LogP) is 3.16. The smallest absolute Gasteiger partial charge is 0.386 e. The Bertz CT molecular complexity index is 427. The maximum absolute atomic E-state index is 11.9. The summed E-state index contributed by atoms with van der Waals surface area (Å²) in [5.74, 6) is -0.956. The third kappa shape index (κ3) is 3.15. The van der Waals surface area contributed by atoms with Crippen LogP contribution in [-0.2, 0) is 0 Å². The summed E-state index contributed by atoms with van der Waals surface area (Å²) in [7, 11) is 0. The van der Waals surface area contributed by atoms with Gasteiger partial charge in [-0.05, 0) is 6.07 Å². The zero-order chi connectivity index (χ0) is 11.6. The lowest BCUT2D eigenvalue weighted by Crippen LogP contribution is -2.18. The van der Waals surface area contributed by atoms with Crippen molar-refractivity contribution in [3.63, 3.8) is 0 Å². The molecule has 0 N–H and O–H groups in total. The van der Waals surface area contributed by atoms with Gasteiger partial charge in [-0.25, -0.2) is 4.98 Å². The van der Waals surface area contributed by atoms with Crippen molar-refractivity contribution in [1.29, 1.82) is 5.26 Å². The van der Waals surface area contributed by atoms with Crippen LogP contribution in [0.1, 0.15) is 5.56 Å². The third-order valence-corrected chi connectivity index (χ3v) is 1.72. The average molecular weight is 257 g/mol. The fraction of sp³-hybridized carbons (Fsp3) is 0.143. The van der Waals surface area contributed by atoms with Gasteiger partial charge in [-0.15, -0.1) is 13.2 Å². The van der Waals surface area contributed by atoms with E-state index in [-0.39, 0.29) is 10.2 Å². The number of halogens is 5. The summed E-state index contributed by atoms with van der Waals surface area (Å²) >= 11 is 10.8. The van der Waals surface area contributed by atoms with E-state index < -0.39 is 17.8 Å². The van der Waals surface area contributed by atoms with Crippen molar-refractivity contribution in [3.8, 4) is 11.9 Å². The number of alkyl halides is 3. The quantitative estimate of drug-likeness (QED) is 0.726. The van der Waals surface area contributed by atoms with Crippen LogP contribution in [0.2, 0.25) is 10.2 Å². The monoisotopic (exact) mass is 256 g/mol. The second-order valence-corrected chi connectivity index (χ2v) is 3.06. The molecule has 0 radical (unpaired) electrons. The SMILES string of the molecule is N#Cc1c(Cl)cc(Cl)nc1OC(F)(F)F. The van der Waals surface area contributed by atoms with Gasteiger partial charge in [0.1, 0.15) is 16.8 Å². The molecule has 0 fully saturated rings. The molecule has 8 heteroatoms. The van der Waals surface area contributed by atoms with Gasteiger partial charge in [0, 0.05) is 0 Å². The molecule has 0 amide bonds. The highest BCUT2D eigenvalue weighted by molar-refractivity contribution is 6.34. The molecule has 0 spiro atoms. The van der Waals surface area contributed by atoms with Gasteiger partial charge in [0.15, 0.2) is 0 Å². The van der Waals surface area contributed by atoms with Crippen LogP contribution in [0, 0.1) is 11.3 Å². The molecule has 3 nitrogen and oxygen atoms in total. The van der Waals surface area contributed by atoms with Crippen LogP contribution in [0.5, 0.6) is 5.88 Å². The second kappa shape index (κ2) is 4.13. The summed E-state index contributed by atoms with van der Waals surface area (Å²) in [6.07, 6.45) is -4.95. The molecule has 1 heterocycles. The molecule has 0 aromatic carbocycles. The minimum absolute atomic E-state index is 0.253. The minimum atomic E-state index is -4.95. The van der Waals surface area contributed by atoms with Crippen molar-refractivity contribution in [2.45, 2.75) is 6.36 Å². The van der Waals surface area contributed by atoms with Crippen LogP contribution in [0.25, 0.3) is 0 Å². The van der Waals surface area contributed by atoms with E-state index in [4.69, 9.17) is 28.5 Å². The summed E-state index contributed by atoms with van der Waals surface area (Å²) in [6.45, 7) is 0. The van der Waals surface area contributed by atoms with Gasteiger partial charge in [-0.1, -0.05) is 23.2 Å². The Labute approximate surface area is 92.0 Å². The van der Waals surface area contributed by atoms with Gasteiger partial charge in [-0.2, -0.15) is 5.26 Å². The van der Waals surface area contributed by atoms with Gasteiger partial charge in [0.05, 0.1) is 5.02 Å². The van der Waals surface area contributed by atoms with E-state index in [0.717, 1.165) is 6.07 Å². The lowest BCUT2D eigenvalue weighted by atomic mass is 10.3. The fourth-order valence-corrected chi connectivity index (χ4v) is 1.22. The van der Waals surface area contributed by atoms with E-state index in [1.165, 1.54) is 6.07 Å². The summed E-state index contributed by atoms with van der Waals surface area (Å²) in [5.41, 5.74) is -0.515. The van der Waals surface area contributed by atoms with E-state index in [1.807, 2.05) is 0 Å². The Morgan fingerprint density at radius 1 is 1.40 bits per heavy atom. The van der Waals surface area contributed by atoms with Crippen LogP contribution < -0.4 is 4.74 Å². The second-order valence-electron chi connectivity index (χ2n) is 2.27. The standard InChI is InChI=1S/C7HCl2F3N2O/c8-4-1-5(9)14-6(3(4)2-13)15-7(10,11)12/h1H. The topological polar surface area (TPSA) is 45.9 Å². The van der Waals surface area contributed by atoms with Crippen LogP contribution in [-0.4, -0.2) is 11.3 Å². The maximum Gasteiger partial charge on any atom is 0.574 e. The fourth-order valence-electron chi connectivity index (χ4n) is 0.749. The molecule has 80 valence electrons. The van der Waals surface area contributed by atoms with Crippen molar-refractivity contribution in [2.75, 3.05) is 0 Å². The lowest BCUT2D eigenvalue weighted by Gasteiger charge is -2.09. The summed E-state index contributed by atoms with van der Waals surface area (Å²) in [6, 6.07) is 2.48. The minimum Gasteiger partial charge on any atom is -0.386 e. The van der Waals surface area contributed by atoms with E-state index >= 15 is 0 Å². The molecule has 0 bridgehead atoms. The maximum atomic E-state index is 11.9. The molecule has 0 unspecified atom stereocenters. The first-order chi connectivity index (χ1) is 6.83. The van der Waals surface area contributed by atoms with E-state index in [1.54, 1.807) is 0 Å². The number of nitriles is 1. The van der Waals surface area contributed by atoms with Crippen molar-refractivity contribution in [1.82, 2.24) is 4.98 Å². The van der Waals surface area contributed by atoms with Crippen molar-refractivity contribution < 1.29 is 17.9 Å². The van der Waals surface area contributed by atoms with Crippen LogP contribution in [0.4, 0.5) is 13.2 Å². The van der Waals surface area contributed by atoms with E-state index in [2.05, 4.69) is 9.72 Å². The lowest BCUT2D eigenvalue weighted by molar-refractivity contribution is -0.276. The van der Waals surface area contributed by atoms with Gasteiger partial charge in [-0.3, -0.25) is 0 Å².